The zero-order chi connectivity index (χ0) is 16.9. The Hall–Kier alpha value is -2.69. The van der Waals surface area contributed by atoms with Crippen LogP contribution in [0.5, 0.6) is 0 Å². The molecular formula is C19H21N3O2. The lowest BCUT2D eigenvalue weighted by molar-refractivity contribution is 0.0698. The van der Waals surface area contributed by atoms with Gasteiger partial charge < -0.3 is 10.2 Å². The molecule has 5 nitrogen and oxygen atoms in total. The first-order chi connectivity index (χ1) is 11.6. The fourth-order valence-corrected chi connectivity index (χ4v) is 2.99. The molecule has 0 bridgehead atoms. The van der Waals surface area contributed by atoms with Crippen LogP contribution in [0.1, 0.15) is 39.1 Å². The molecular weight excluding hydrogens is 302 g/mol. The van der Waals surface area contributed by atoms with Gasteiger partial charge in [0.2, 0.25) is 0 Å². The molecule has 1 saturated heterocycles. The largest absolute Gasteiger partial charge is 0.349 e. The van der Waals surface area contributed by atoms with E-state index in [4.69, 9.17) is 0 Å². The number of nitrogens with zero attached hydrogens (tertiary/aromatic N) is 2. The molecule has 1 fully saturated rings. The summed E-state index contributed by atoms with van der Waals surface area (Å²) in [6.45, 7) is 3.24. The molecule has 0 unspecified atom stereocenters. The van der Waals surface area contributed by atoms with Gasteiger partial charge in [-0.1, -0.05) is 18.2 Å². The third kappa shape index (κ3) is 3.62. The maximum Gasteiger partial charge on any atom is 0.253 e. The molecule has 0 atom stereocenters. The van der Waals surface area contributed by atoms with E-state index in [2.05, 4.69) is 10.3 Å². The Kier molecular flexibility index (Phi) is 4.89. The molecule has 2 amide bonds. The van der Waals surface area contributed by atoms with Crippen molar-refractivity contribution in [3.8, 4) is 0 Å². The van der Waals surface area contributed by atoms with Crippen LogP contribution in [0.2, 0.25) is 0 Å². The Morgan fingerprint density at radius 3 is 2.42 bits per heavy atom. The van der Waals surface area contributed by atoms with E-state index in [9.17, 15) is 9.59 Å². The van der Waals surface area contributed by atoms with Crippen LogP contribution in [-0.2, 0) is 0 Å². The second-order valence-electron chi connectivity index (χ2n) is 6.09. The van der Waals surface area contributed by atoms with E-state index in [-0.39, 0.29) is 17.9 Å². The summed E-state index contributed by atoms with van der Waals surface area (Å²) < 4.78 is 0. The van der Waals surface area contributed by atoms with Crippen LogP contribution >= 0.6 is 0 Å². The van der Waals surface area contributed by atoms with Crippen molar-refractivity contribution < 1.29 is 9.59 Å². The second kappa shape index (κ2) is 7.25. The maximum atomic E-state index is 12.4. The van der Waals surface area contributed by atoms with Crippen molar-refractivity contribution in [3.05, 3.63) is 65.5 Å². The standard InChI is InChI=1S/C19H21N3O2/c1-14-4-2-3-5-17(14)18(23)21-16-8-12-22(13-9-16)19(24)15-6-10-20-11-7-15/h2-7,10-11,16H,8-9,12-13H2,1H3,(H,21,23). The number of likely N-dealkylation sites (tertiary alicyclic amines) is 1. The number of hydrogen-bond donors (Lipinski definition) is 1. The van der Waals surface area contributed by atoms with Gasteiger partial charge in [-0.2, -0.15) is 0 Å². The lowest BCUT2D eigenvalue weighted by Crippen LogP contribution is -2.46. The lowest BCUT2D eigenvalue weighted by Gasteiger charge is -2.32. The number of hydrogen-bond acceptors (Lipinski definition) is 3. The summed E-state index contributed by atoms with van der Waals surface area (Å²) in [4.78, 5) is 30.6. The van der Waals surface area contributed by atoms with E-state index in [0.29, 0.717) is 24.2 Å². The number of piperidine rings is 1. The Bertz CT molecular complexity index is 722. The van der Waals surface area contributed by atoms with Gasteiger partial charge in [0.1, 0.15) is 0 Å². The lowest BCUT2D eigenvalue weighted by atomic mass is 10.0. The molecule has 0 saturated carbocycles. The number of amides is 2. The van der Waals surface area contributed by atoms with Crippen molar-refractivity contribution in [2.75, 3.05) is 13.1 Å². The number of carbonyl (C=O) groups is 2. The fourth-order valence-electron chi connectivity index (χ4n) is 2.99. The van der Waals surface area contributed by atoms with Crippen molar-refractivity contribution in [3.63, 3.8) is 0 Å². The first kappa shape index (κ1) is 16.2. The van der Waals surface area contributed by atoms with E-state index in [1.807, 2.05) is 36.1 Å². The number of aromatic nitrogens is 1. The Balaban J connectivity index is 1.55. The van der Waals surface area contributed by atoms with Gasteiger partial charge in [0.15, 0.2) is 0 Å². The van der Waals surface area contributed by atoms with Crippen molar-refractivity contribution in [1.29, 1.82) is 0 Å². The van der Waals surface area contributed by atoms with Crippen molar-refractivity contribution in [2.24, 2.45) is 0 Å². The van der Waals surface area contributed by atoms with Crippen molar-refractivity contribution in [2.45, 2.75) is 25.8 Å². The van der Waals surface area contributed by atoms with E-state index in [1.54, 1.807) is 24.5 Å². The summed E-state index contributed by atoms with van der Waals surface area (Å²) in [6.07, 6.45) is 4.80. The number of benzene rings is 1. The highest BCUT2D eigenvalue weighted by Crippen LogP contribution is 2.15. The molecule has 2 aromatic rings. The summed E-state index contributed by atoms with van der Waals surface area (Å²) in [5, 5.41) is 3.09. The average molecular weight is 323 g/mol. The number of pyridine rings is 1. The van der Waals surface area contributed by atoms with Crippen LogP contribution < -0.4 is 5.32 Å². The zero-order valence-corrected chi connectivity index (χ0v) is 13.7. The minimum absolute atomic E-state index is 0.0288. The topological polar surface area (TPSA) is 62.3 Å². The predicted molar refractivity (Wildman–Crippen MR) is 91.8 cm³/mol. The zero-order valence-electron chi connectivity index (χ0n) is 13.7. The summed E-state index contributed by atoms with van der Waals surface area (Å²) >= 11 is 0. The molecule has 1 aliphatic rings. The van der Waals surface area contributed by atoms with E-state index in [0.717, 1.165) is 18.4 Å². The molecule has 1 N–H and O–H groups in total. The number of carbonyl (C=O) groups excluding carboxylic acids is 2. The molecule has 5 heteroatoms. The molecule has 2 heterocycles. The minimum atomic E-state index is -0.0352. The second-order valence-corrected chi connectivity index (χ2v) is 6.09. The van der Waals surface area contributed by atoms with Gasteiger partial charge in [-0.3, -0.25) is 14.6 Å². The molecule has 1 aromatic heterocycles. The number of rotatable bonds is 3. The molecule has 1 aromatic carbocycles. The predicted octanol–water partition coefficient (Wildman–Crippen LogP) is 2.42. The van der Waals surface area contributed by atoms with Gasteiger partial charge in [0.25, 0.3) is 11.8 Å². The van der Waals surface area contributed by atoms with Crippen LogP contribution in [0.25, 0.3) is 0 Å². The van der Waals surface area contributed by atoms with Crippen LogP contribution in [0.4, 0.5) is 0 Å². The van der Waals surface area contributed by atoms with Gasteiger partial charge in [-0.15, -0.1) is 0 Å². The molecule has 0 radical (unpaired) electrons. The Morgan fingerprint density at radius 2 is 1.75 bits per heavy atom. The smallest absolute Gasteiger partial charge is 0.253 e. The van der Waals surface area contributed by atoms with Gasteiger partial charge >= 0.3 is 0 Å². The molecule has 0 spiro atoms. The van der Waals surface area contributed by atoms with Gasteiger partial charge in [-0.05, 0) is 43.5 Å². The molecule has 3 rings (SSSR count). The maximum absolute atomic E-state index is 12.4. The number of nitrogens with one attached hydrogen (secondary N) is 1. The molecule has 0 aliphatic carbocycles. The van der Waals surface area contributed by atoms with Gasteiger partial charge in [0, 0.05) is 42.7 Å². The monoisotopic (exact) mass is 323 g/mol. The van der Waals surface area contributed by atoms with Gasteiger partial charge in [0.05, 0.1) is 0 Å². The molecule has 124 valence electrons. The highest BCUT2D eigenvalue weighted by atomic mass is 16.2. The summed E-state index contributed by atoms with van der Waals surface area (Å²) in [6, 6.07) is 11.1. The van der Waals surface area contributed by atoms with Crippen LogP contribution in [0.3, 0.4) is 0 Å². The third-order valence-corrected chi connectivity index (χ3v) is 4.43. The molecule has 24 heavy (non-hydrogen) atoms. The highest BCUT2D eigenvalue weighted by Gasteiger charge is 2.25. The van der Waals surface area contributed by atoms with Crippen molar-refractivity contribution in [1.82, 2.24) is 15.2 Å². The quantitative estimate of drug-likeness (QED) is 0.943. The fraction of sp³-hybridized carbons (Fsp3) is 0.316. The first-order valence-electron chi connectivity index (χ1n) is 8.21. The minimum Gasteiger partial charge on any atom is -0.349 e. The number of aryl methyl sites for hydroxylation is 1. The SMILES string of the molecule is Cc1ccccc1C(=O)NC1CCN(C(=O)c2ccncc2)CC1. The van der Waals surface area contributed by atoms with E-state index < -0.39 is 0 Å². The highest BCUT2D eigenvalue weighted by molar-refractivity contribution is 5.96. The van der Waals surface area contributed by atoms with Crippen LogP contribution in [0, 0.1) is 6.92 Å². The van der Waals surface area contributed by atoms with Crippen LogP contribution in [-0.4, -0.2) is 40.8 Å². The summed E-state index contributed by atoms with van der Waals surface area (Å²) in [5.41, 5.74) is 2.35. The summed E-state index contributed by atoms with van der Waals surface area (Å²) in [5.74, 6) is -0.00640. The Labute approximate surface area is 141 Å². The van der Waals surface area contributed by atoms with E-state index >= 15 is 0 Å². The third-order valence-electron chi connectivity index (χ3n) is 4.43. The summed E-state index contributed by atoms with van der Waals surface area (Å²) in [7, 11) is 0. The van der Waals surface area contributed by atoms with Crippen LogP contribution in [0.15, 0.2) is 48.8 Å². The van der Waals surface area contributed by atoms with E-state index in [1.165, 1.54) is 0 Å². The average Bonchev–Trinajstić information content (AvgIpc) is 2.63. The molecule has 1 aliphatic heterocycles. The van der Waals surface area contributed by atoms with Crippen molar-refractivity contribution >= 4 is 11.8 Å². The van der Waals surface area contributed by atoms with Gasteiger partial charge in [-0.25, -0.2) is 0 Å². The normalized spacial score (nSPS) is 15.1. The first-order valence-corrected chi connectivity index (χ1v) is 8.21. The Morgan fingerprint density at radius 1 is 1.08 bits per heavy atom.